The molecule has 2 aromatic carbocycles. The van der Waals surface area contributed by atoms with Crippen molar-refractivity contribution >= 4 is 17.7 Å². The van der Waals surface area contributed by atoms with Gasteiger partial charge in [-0.1, -0.05) is 60.2 Å². The molecule has 2 N–H and O–H groups in total. The SMILES string of the molecule is Cc1ccc(C(=O)CC(C(=O)O)=C(Cc2ccccc2)C(=O)O)cc1. The molecule has 0 saturated carbocycles. The second-order valence-electron chi connectivity index (χ2n) is 5.70. The molecule has 0 heterocycles. The van der Waals surface area contributed by atoms with Crippen molar-refractivity contribution in [1.82, 2.24) is 0 Å². The van der Waals surface area contributed by atoms with E-state index in [1.54, 1.807) is 54.6 Å². The topological polar surface area (TPSA) is 91.7 Å². The van der Waals surface area contributed by atoms with Crippen molar-refractivity contribution in [3.63, 3.8) is 0 Å². The molecule has 0 unspecified atom stereocenters. The lowest BCUT2D eigenvalue weighted by molar-refractivity contribution is -0.136. The predicted octanol–water partition coefficient (Wildman–Crippen LogP) is 3.28. The number of benzene rings is 2. The van der Waals surface area contributed by atoms with Crippen LogP contribution in [-0.2, 0) is 16.0 Å². The average Bonchev–Trinajstić information content (AvgIpc) is 2.59. The first-order valence-electron chi connectivity index (χ1n) is 7.71. The van der Waals surface area contributed by atoms with Crippen LogP contribution in [0.1, 0.15) is 27.9 Å². The van der Waals surface area contributed by atoms with Crippen molar-refractivity contribution in [2.75, 3.05) is 0 Å². The number of carbonyl (C=O) groups excluding carboxylic acids is 1. The number of hydrogen-bond acceptors (Lipinski definition) is 3. The minimum Gasteiger partial charge on any atom is -0.478 e. The van der Waals surface area contributed by atoms with Crippen LogP contribution in [0.3, 0.4) is 0 Å². The fourth-order valence-corrected chi connectivity index (χ4v) is 2.42. The quantitative estimate of drug-likeness (QED) is 0.597. The Morgan fingerprint density at radius 3 is 1.88 bits per heavy atom. The average molecular weight is 338 g/mol. The fourth-order valence-electron chi connectivity index (χ4n) is 2.42. The summed E-state index contributed by atoms with van der Waals surface area (Å²) in [5.74, 6) is -3.16. The molecule has 0 amide bonds. The molecular formula is C20H18O5. The van der Waals surface area contributed by atoms with E-state index in [4.69, 9.17) is 0 Å². The highest BCUT2D eigenvalue weighted by Gasteiger charge is 2.23. The summed E-state index contributed by atoms with van der Waals surface area (Å²) in [5.41, 5.74) is 1.33. The molecule has 0 saturated heterocycles. The standard InChI is InChI=1S/C20H18O5/c1-13-7-9-15(10-8-13)18(21)12-17(20(24)25)16(19(22)23)11-14-5-3-2-4-6-14/h2-10H,11-12H2,1H3,(H,22,23)(H,24,25). The second kappa shape index (κ2) is 8.06. The summed E-state index contributed by atoms with van der Waals surface area (Å²) < 4.78 is 0. The molecule has 128 valence electrons. The summed E-state index contributed by atoms with van der Waals surface area (Å²) >= 11 is 0. The molecule has 0 radical (unpaired) electrons. The minimum absolute atomic E-state index is 0.0566. The number of aryl methyl sites for hydroxylation is 1. The molecule has 2 aromatic rings. The molecule has 0 aromatic heterocycles. The molecule has 5 heteroatoms. The third-order valence-electron chi connectivity index (χ3n) is 3.82. The van der Waals surface area contributed by atoms with Crippen molar-refractivity contribution in [3.05, 3.63) is 82.4 Å². The molecule has 0 aliphatic carbocycles. The van der Waals surface area contributed by atoms with Gasteiger partial charge in [0.1, 0.15) is 0 Å². The first-order valence-corrected chi connectivity index (χ1v) is 7.71. The summed E-state index contributed by atoms with van der Waals surface area (Å²) in [5, 5.41) is 18.9. The van der Waals surface area contributed by atoms with Gasteiger partial charge in [0.2, 0.25) is 0 Å². The highest BCUT2D eigenvalue weighted by molar-refractivity contribution is 6.07. The lowest BCUT2D eigenvalue weighted by Crippen LogP contribution is -2.16. The van der Waals surface area contributed by atoms with Crippen LogP contribution >= 0.6 is 0 Å². The zero-order valence-electron chi connectivity index (χ0n) is 13.7. The Balaban J connectivity index is 2.36. The van der Waals surface area contributed by atoms with Crippen LogP contribution in [0.5, 0.6) is 0 Å². The monoisotopic (exact) mass is 338 g/mol. The third kappa shape index (κ3) is 4.88. The number of carboxylic acids is 2. The van der Waals surface area contributed by atoms with Crippen LogP contribution in [0, 0.1) is 6.92 Å². The highest BCUT2D eigenvalue weighted by Crippen LogP contribution is 2.19. The number of rotatable bonds is 7. The van der Waals surface area contributed by atoms with Gasteiger partial charge in [0.25, 0.3) is 0 Å². The van der Waals surface area contributed by atoms with Crippen LogP contribution in [-0.4, -0.2) is 27.9 Å². The summed E-state index contributed by atoms with van der Waals surface area (Å²) in [7, 11) is 0. The van der Waals surface area contributed by atoms with E-state index >= 15 is 0 Å². The van der Waals surface area contributed by atoms with Gasteiger partial charge >= 0.3 is 11.9 Å². The molecule has 0 aliphatic heterocycles. The zero-order chi connectivity index (χ0) is 18.4. The van der Waals surface area contributed by atoms with Crippen molar-refractivity contribution in [2.24, 2.45) is 0 Å². The fraction of sp³-hybridized carbons (Fsp3) is 0.150. The van der Waals surface area contributed by atoms with Crippen LogP contribution in [0.25, 0.3) is 0 Å². The van der Waals surface area contributed by atoms with Gasteiger partial charge in [0, 0.05) is 18.4 Å². The maximum Gasteiger partial charge on any atom is 0.332 e. The highest BCUT2D eigenvalue weighted by atomic mass is 16.4. The number of Topliss-reactive ketones (excluding diaryl/α,β-unsaturated/α-hetero) is 1. The predicted molar refractivity (Wildman–Crippen MR) is 92.6 cm³/mol. The van der Waals surface area contributed by atoms with Crippen LogP contribution in [0.15, 0.2) is 65.7 Å². The summed E-state index contributed by atoms with van der Waals surface area (Å²) in [6.45, 7) is 1.87. The first-order chi connectivity index (χ1) is 11.9. The Kier molecular flexibility index (Phi) is 5.84. The Morgan fingerprint density at radius 1 is 0.800 bits per heavy atom. The number of carbonyl (C=O) groups is 3. The van der Waals surface area contributed by atoms with E-state index < -0.39 is 24.1 Å². The molecular weight excluding hydrogens is 320 g/mol. The molecule has 25 heavy (non-hydrogen) atoms. The Labute approximate surface area is 145 Å². The number of carboxylic acid groups (broad SMARTS) is 2. The minimum atomic E-state index is -1.39. The third-order valence-corrected chi connectivity index (χ3v) is 3.82. The van der Waals surface area contributed by atoms with Gasteiger partial charge in [0.15, 0.2) is 5.78 Å². The normalized spacial score (nSPS) is 11.6. The lowest BCUT2D eigenvalue weighted by atomic mass is 9.94. The van der Waals surface area contributed by atoms with E-state index in [0.29, 0.717) is 11.1 Å². The van der Waals surface area contributed by atoms with E-state index in [1.165, 1.54) is 0 Å². The van der Waals surface area contributed by atoms with Crippen LogP contribution in [0.2, 0.25) is 0 Å². The van der Waals surface area contributed by atoms with Gasteiger partial charge in [-0.3, -0.25) is 4.79 Å². The smallest absolute Gasteiger partial charge is 0.332 e. The van der Waals surface area contributed by atoms with Gasteiger partial charge in [-0.2, -0.15) is 0 Å². The van der Waals surface area contributed by atoms with E-state index in [-0.39, 0.29) is 17.6 Å². The van der Waals surface area contributed by atoms with Crippen LogP contribution < -0.4 is 0 Å². The maximum absolute atomic E-state index is 12.4. The molecule has 0 spiro atoms. The molecule has 0 fully saturated rings. The van der Waals surface area contributed by atoms with Gasteiger partial charge in [-0.25, -0.2) is 9.59 Å². The van der Waals surface area contributed by atoms with E-state index in [2.05, 4.69) is 0 Å². The van der Waals surface area contributed by atoms with E-state index in [9.17, 15) is 24.6 Å². The Bertz CT molecular complexity index is 817. The second-order valence-corrected chi connectivity index (χ2v) is 5.70. The van der Waals surface area contributed by atoms with Crippen molar-refractivity contribution in [1.29, 1.82) is 0 Å². The molecule has 0 atom stereocenters. The number of ketones is 1. The van der Waals surface area contributed by atoms with Gasteiger partial charge < -0.3 is 10.2 Å². The largest absolute Gasteiger partial charge is 0.478 e. The summed E-state index contributed by atoms with van der Waals surface area (Å²) in [6, 6.07) is 15.4. The Hall–Kier alpha value is -3.21. The first kappa shape index (κ1) is 18.1. The Morgan fingerprint density at radius 2 is 1.36 bits per heavy atom. The van der Waals surface area contributed by atoms with Gasteiger partial charge in [0.05, 0.1) is 11.1 Å². The van der Waals surface area contributed by atoms with E-state index in [1.807, 2.05) is 6.92 Å². The lowest BCUT2D eigenvalue weighted by Gasteiger charge is -2.09. The van der Waals surface area contributed by atoms with Crippen molar-refractivity contribution in [2.45, 2.75) is 19.8 Å². The van der Waals surface area contributed by atoms with E-state index in [0.717, 1.165) is 5.56 Å². The van der Waals surface area contributed by atoms with Crippen molar-refractivity contribution < 1.29 is 24.6 Å². The number of hydrogen-bond donors (Lipinski definition) is 2. The molecule has 0 bridgehead atoms. The number of aliphatic carboxylic acids is 2. The molecule has 2 rings (SSSR count). The summed E-state index contributed by atoms with van der Waals surface area (Å²) in [4.78, 5) is 35.5. The maximum atomic E-state index is 12.4. The van der Waals surface area contributed by atoms with Crippen molar-refractivity contribution in [3.8, 4) is 0 Å². The van der Waals surface area contributed by atoms with Gasteiger partial charge in [-0.05, 0) is 12.5 Å². The van der Waals surface area contributed by atoms with Crippen LogP contribution in [0.4, 0.5) is 0 Å². The molecule has 5 nitrogen and oxygen atoms in total. The van der Waals surface area contributed by atoms with Gasteiger partial charge in [-0.15, -0.1) is 0 Å². The molecule has 0 aliphatic rings. The zero-order valence-corrected chi connectivity index (χ0v) is 13.7. The summed E-state index contributed by atoms with van der Waals surface area (Å²) in [6.07, 6.45) is -0.522.